The zero-order valence-electron chi connectivity index (χ0n) is 7.91. The maximum absolute atomic E-state index is 11.8. The smallest absolute Gasteiger partial charge is 0.256 e. The molecule has 16 heavy (non-hydrogen) atoms. The first-order valence-corrected chi connectivity index (χ1v) is 6.78. The second-order valence-corrected chi connectivity index (χ2v) is 6.09. The number of carbonyl (C=O) groups excluding carboxylic acids is 1. The van der Waals surface area contributed by atoms with Crippen molar-refractivity contribution in [1.82, 2.24) is 4.98 Å². The zero-order chi connectivity index (χ0) is 11.5. The average Bonchev–Trinajstić information content (AvgIpc) is 2.68. The van der Waals surface area contributed by atoms with Crippen LogP contribution in [0.1, 0.15) is 10.4 Å². The van der Waals surface area contributed by atoms with Crippen LogP contribution in [0.5, 0.6) is 0 Å². The van der Waals surface area contributed by atoms with Crippen LogP contribution in [-0.4, -0.2) is 10.9 Å². The number of hydrogen-bond donors (Lipinski definition) is 1. The predicted octanol–water partition coefficient (Wildman–Crippen LogP) is 3.92. The first-order chi connectivity index (χ1) is 7.66. The molecule has 2 rings (SSSR count). The first kappa shape index (κ1) is 11.8. The van der Waals surface area contributed by atoms with Crippen molar-refractivity contribution in [3.05, 3.63) is 43.7 Å². The van der Waals surface area contributed by atoms with Crippen molar-refractivity contribution in [2.45, 2.75) is 0 Å². The summed E-state index contributed by atoms with van der Waals surface area (Å²) in [5, 5.41) is 4.60. The van der Waals surface area contributed by atoms with Gasteiger partial charge in [-0.15, -0.1) is 11.3 Å². The SMILES string of the molecule is O=C(Nc1ccncc1Br)c1csc(Br)c1. The quantitative estimate of drug-likeness (QED) is 0.880. The van der Waals surface area contributed by atoms with E-state index in [1.165, 1.54) is 11.3 Å². The number of aromatic nitrogens is 1. The van der Waals surface area contributed by atoms with Gasteiger partial charge in [0.05, 0.1) is 19.5 Å². The van der Waals surface area contributed by atoms with Crippen molar-refractivity contribution in [2.75, 3.05) is 5.32 Å². The third-order valence-electron chi connectivity index (χ3n) is 1.85. The van der Waals surface area contributed by atoms with E-state index in [1.54, 1.807) is 29.9 Å². The number of pyridine rings is 1. The minimum absolute atomic E-state index is 0.131. The van der Waals surface area contributed by atoms with E-state index >= 15 is 0 Å². The highest BCUT2D eigenvalue weighted by atomic mass is 79.9. The van der Waals surface area contributed by atoms with Crippen LogP contribution in [0, 0.1) is 0 Å². The van der Waals surface area contributed by atoms with Gasteiger partial charge in [0.2, 0.25) is 0 Å². The number of nitrogens with zero attached hydrogens (tertiary/aromatic N) is 1. The lowest BCUT2D eigenvalue weighted by Crippen LogP contribution is -2.11. The zero-order valence-corrected chi connectivity index (χ0v) is 11.9. The molecule has 0 saturated heterocycles. The molecule has 0 aliphatic carbocycles. The van der Waals surface area contributed by atoms with Crippen LogP contribution in [0.4, 0.5) is 5.69 Å². The molecule has 1 amide bonds. The minimum atomic E-state index is -0.131. The Kier molecular flexibility index (Phi) is 3.73. The lowest BCUT2D eigenvalue weighted by molar-refractivity contribution is 0.102. The molecular formula is C10H6Br2N2OS. The molecular weight excluding hydrogens is 356 g/mol. The molecule has 0 spiro atoms. The van der Waals surface area contributed by atoms with Gasteiger partial charge in [-0.2, -0.15) is 0 Å². The molecule has 6 heteroatoms. The van der Waals surface area contributed by atoms with E-state index in [4.69, 9.17) is 0 Å². The van der Waals surface area contributed by atoms with Gasteiger partial charge in [0.1, 0.15) is 0 Å². The van der Waals surface area contributed by atoms with Gasteiger partial charge in [-0.1, -0.05) is 0 Å². The van der Waals surface area contributed by atoms with Crippen LogP contribution < -0.4 is 5.32 Å². The van der Waals surface area contributed by atoms with E-state index in [-0.39, 0.29) is 5.91 Å². The summed E-state index contributed by atoms with van der Waals surface area (Å²) in [4.78, 5) is 15.7. The Balaban J connectivity index is 2.17. The molecule has 0 fully saturated rings. The van der Waals surface area contributed by atoms with E-state index in [0.717, 1.165) is 8.26 Å². The lowest BCUT2D eigenvalue weighted by Gasteiger charge is -2.04. The fourth-order valence-corrected chi connectivity index (χ4v) is 2.59. The van der Waals surface area contributed by atoms with Crippen LogP contribution >= 0.6 is 43.2 Å². The molecule has 2 aromatic rings. The van der Waals surface area contributed by atoms with Gasteiger partial charge in [0.15, 0.2) is 0 Å². The molecule has 3 nitrogen and oxygen atoms in total. The number of anilines is 1. The van der Waals surface area contributed by atoms with Crippen LogP contribution in [0.2, 0.25) is 0 Å². The molecule has 2 heterocycles. The van der Waals surface area contributed by atoms with Gasteiger partial charge in [-0.25, -0.2) is 0 Å². The number of carbonyl (C=O) groups is 1. The van der Waals surface area contributed by atoms with Crippen LogP contribution in [0.15, 0.2) is 38.2 Å². The summed E-state index contributed by atoms with van der Waals surface area (Å²) in [6.07, 6.45) is 3.27. The largest absolute Gasteiger partial charge is 0.321 e. The second-order valence-electron chi connectivity index (χ2n) is 2.95. The van der Waals surface area contributed by atoms with Crippen molar-refractivity contribution < 1.29 is 4.79 Å². The normalized spacial score (nSPS) is 10.1. The first-order valence-electron chi connectivity index (χ1n) is 4.32. The Morgan fingerprint density at radius 2 is 2.25 bits per heavy atom. The molecule has 2 aromatic heterocycles. The van der Waals surface area contributed by atoms with Gasteiger partial charge >= 0.3 is 0 Å². The maximum Gasteiger partial charge on any atom is 0.256 e. The Bertz CT molecular complexity index is 527. The van der Waals surface area contributed by atoms with E-state index in [0.29, 0.717) is 11.3 Å². The molecule has 0 aromatic carbocycles. The topological polar surface area (TPSA) is 42.0 Å². The number of nitrogens with one attached hydrogen (secondary N) is 1. The third-order valence-corrected chi connectivity index (χ3v) is 3.99. The van der Waals surface area contributed by atoms with Gasteiger partial charge in [0.25, 0.3) is 5.91 Å². The van der Waals surface area contributed by atoms with Crippen molar-refractivity contribution in [2.24, 2.45) is 0 Å². The van der Waals surface area contributed by atoms with Crippen molar-refractivity contribution in [3.8, 4) is 0 Å². The minimum Gasteiger partial charge on any atom is -0.321 e. The van der Waals surface area contributed by atoms with Gasteiger partial charge < -0.3 is 5.32 Å². The number of halogens is 2. The van der Waals surface area contributed by atoms with Crippen molar-refractivity contribution in [3.63, 3.8) is 0 Å². The summed E-state index contributed by atoms with van der Waals surface area (Å²) >= 11 is 8.12. The summed E-state index contributed by atoms with van der Waals surface area (Å²) in [5.41, 5.74) is 1.35. The van der Waals surface area contributed by atoms with Gasteiger partial charge in [-0.05, 0) is 44.0 Å². The van der Waals surface area contributed by atoms with E-state index in [2.05, 4.69) is 42.2 Å². The molecule has 0 saturated carbocycles. The number of amides is 1. The Hall–Kier alpha value is -0.720. The van der Waals surface area contributed by atoms with Crippen molar-refractivity contribution in [1.29, 1.82) is 0 Å². The van der Waals surface area contributed by atoms with E-state index in [1.807, 2.05) is 0 Å². The summed E-state index contributed by atoms with van der Waals surface area (Å²) < 4.78 is 1.70. The fraction of sp³-hybridized carbons (Fsp3) is 0. The van der Waals surface area contributed by atoms with Crippen molar-refractivity contribution >= 4 is 54.8 Å². The number of thiophene rings is 1. The lowest BCUT2D eigenvalue weighted by atomic mass is 10.3. The predicted molar refractivity (Wildman–Crippen MR) is 71.9 cm³/mol. The Morgan fingerprint density at radius 1 is 1.44 bits per heavy atom. The highest BCUT2D eigenvalue weighted by Gasteiger charge is 2.09. The fourth-order valence-electron chi connectivity index (χ4n) is 1.10. The standard InChI is InChI=1S/C10H6Br2N2OS/c11-7-4-13-2-1-8(7)14-10(15)6-3-9(12)16-5-6/h1-5H,(H,13,14,15). The van der Waals surface area contributed by atoms with E-state index in [9.17, 15) is 4.79 Å². The molecule has 0 atom stereocenters. The summed E-state index contributed by atoms with van der Waals surface area (Å²) in [5.74, 6) is -0.131. The molecule has 1 N–H and O–H groups in total. The molecule has 0 unspecified atom stereocenters. The van der Waals surface area contributed by atoms with Crippen LogP contribution in [-0.2, 0) is 0 Å². The molecule has 82 valence electrons. The van der Waals surface area contributed by atoms with Crippen LogP contribution in [0.25, 0.3) is 0 Å². The van der Waals surface area contributed by atoms with Gasteiger partial charge in [0, 0.05) is 17.8 Å². The number of rotatable bonds is 2. The van der Waals surface area contributed by atoms with Crippen LogP contribution in [0.3, 0.4) is 0 Å². The second kappa shape index (κ2) is 5.07. The average molecular weight is 362 g/mol. The third kappa shape index (κ3) is 2.69. The Morgan fingerprint density at radius 3 is 2.88 bits per heavy atom. The summed E-state index contributed by atoms with van der Waals surface area (Å²) in [6.45, 7) is 0. The molecule has 0 aliphatic rings. The summed E-state index contributed by atoms with van der Waals surface area (Å²) in [7, 11) is 0. The van der Waals surface area contributed by atoms with Gasteiger partial charge in [-0.3, -0.25) is 9.78 Å². The maximum atomic E-state index is 11.8. The Labute approximate surface area is 113 Å². The van der Waals surface area contributed by atoms with E-state index < -0.39 is 0 Å². The highest BCUT2D eigenvalue weighted by Crippen LogP contribution is 2.24. The number of hydrogen-bond acceptors (Lipinski definition) is 3. The monoisotopic (exact) mass is 360 g/mol. The molecule has 0 radical (unpaired) electrons. The summed E-state index contributed by atoms with van der Waals surface area (Å²) in [6, 6.07) is 3.53. The molecule has 0 bridgehead atoms. The highest BCUT2D eigenvalue weighted by molar-refractivity contribution is 9.11. The molecule has 0 aliphatic heterocycles.